The molecule has 0 radical (unpaired) electrons. The second-order valence-electron chi connectivity index (χ2n) is 4.20. The summed E-state index contributed by atoms with van der Waals surface area (Å²) in [4.78, 5) is 11.2. The van der Waals surface area contributed by atoms with E-state index in [1.165, 1.54) is 11.1 Å². The van der Waals surface area contributed by atoms with E-state index >= 15 is 0 Å². The minimum Gasteiger partial charge on any atom is -0.352 e. The van der Waals surface area contributed by atoms with Crippen molar-refractivity contribution in [2.45, 2.75) is 19.9 Å². The molecular formula is C16H17NO. The summed E-state index contributed by atoms with van der Waals surface area (Å²) < 4.78 is 0. The summed E-state index contributed by atoms with van der Waals surface area (Å²) in [6, 6.07) is 18.5. The van der Waals surface area contributed by atoms with Crippen LogP contribution in [0.1, 0.15) is 18.9 Å². The second-order valence-corrected chi connectivity index (χ2v) is 4.20. The van der Waals surface area contributed by atoms with Gasteiger partial charge in [-0.15, -0.1) is 0 Å². The summed E-state index contributed by atoms with van der Waals surface area (Å²) >= 11 is 0. The van der Waals surface area contributed by atoms with E-state index in [1.807, 2.05) is 37.3 Å². The van der Waals surface area contributed by atoms with Crippen LogP contribution in [0.3, 0.4) is 0 Å². The zero-order chi connectivity index (χ0) is 12.8. The number of hydrogen-bond donors (Lipinski definition) is 1. The van der Waals surface area contributed by atoms with Gasteiger partial charge in [-0.25, -0.2) is 0 Å². The predicted octanol–water partition coefficient (Wildman–Crippen LogP) is 3.38. The molecule has 2 heteroatoms. The standard InChI is InChI=1S/C16H17NO/c1-2-16(18)17-12-13-7-6-10-15(11-13)14-8-4-3-5-9-14/h3-11H,2,12H2,1H3,(H,17,18). The van der Waals surface area contributed by atoms with Gasteiger partial charge >= 0.3 is 0 Å². The van der Waals surface area contributed by atoms with E-state index in [9.17, 15) is 4.79 Å². The highest BCUT2D eigenvalue weighted by molar-refractivity contribution is 5.75. The van der Waals surface area contributed by atoms with Crippen LogP contribution in [0, 0.1) is 0 Å². The maximum Gasteiger partial charge on any atom is 0.219 e. The van der Waals surface area contributed by atoms with Crippen LogP contribution in [0.2, 0.25) is 0 Å². The fourth-order valence-electron chi connectivity index (χ4n) is 1.82. The van der Waals surface area contributed by atoms with Crippen molar-refractivity contribution in [2.24, 2.45) is 0 Å². The molecule has 1 amide bonds. The maximum atomic E-state index is 11.2. The lowest BCUT2D eigenvalue weighted by atomic mass is 10.0. The smallest absolute Gasteiger partial charge is 0.219 e. The summed E-state index contributed by atoms with van der Waals surface area (Å²) in [5.74, 6) is 0.0834. The molecule has 2 aromatic carbocycles. The molecule has 0 saturated carbocycles. The van der Waals surface area contributed by atoms with Crippen molar-refractivity contribution in [2.75, 3.05) is 0 Å². The zero-order valence-electron chi connectivity index (χ0n) is 10.5. The van der Waals surface area contributed by atoms with Gasteiger partial charge in [0.15, 0.2) is 0 Å². The van der Waals surface area contributed by atoms with E-state index < -0.39 is 0 Å². The van der Waals surface area contributed by atoms with Crippen LogP contribution in [0.4, 0.5) is 0 Å². The van der Waals surface area contributed by atoms with E-state index in [0.717, 1.165) is 5.56 Å². The average Bonchev–Trinajstić information content (AvgIpc) is 2.46. The monoisotopic (exact) mass is 239 g/mol. The number of hydrogen-bond acceptors (Lipinski definition) is 1. The van der Waals surface area contributed by atoms with Gasteiger partial charge in [-0.05, 0) is 22.8 Å². The molecule has 0 aliphatic carbocycles. The van der Waals surface area contributed by atoms with E-state index in [1.54, 1.807) is 0 Å². The Balaban J connectivity index is 2.13. The van der Waals surface area contributed by atoms with Gasteiger partial charge in [0, 0.05) is 13.0 Å². The lowest BCUT2D eigenvalue weighted by Crippen LogP contribution is -2.21. The Bertz CT molecular complexity index is 520. The van der Waals surface area contributed by atoms with Gasteiger partial charge in [0.05, 0.1) is 0 Å². The molecule has 0 bridgehead atoms. The summed E-state index contributed by atoms with van der Waals surface area (Å²) in [6.45, 7) is 2.45. The molecule has 0 aliphatic rings. The SMILES string of the molecule is CCC(=O)NCc1cccc(-c2ccccc2)c1. The molecule has 0 fully saturated rings. The molecule has 0 aliphatic heterocycles. The molecular weight excluding hydrogens is 222 g/mol. The Morgan fingerprint density at radius 2 is 1.72 bits per heavy atom. The number of carbonyl (C=O) groups excluding carboxylic acids is 1. The highest BCUT2D eigenvalue weighted by atomic mass is 16.1. The van der Waals surface area contributed by atoms with Crippen molar-refractivity contribution in [3.8, 4) is 11.1 Å². The van der Waals surface area contributed by atoms with Crippen LogP contribution in [0.15, 0.2) is 54.6 Å². The van der Waals surface area contributed by atoms with Crippen LogP contribution in [0.5, 0.6) is 0 Å². The number of nitrogens with one attached hydrogen (secondary N) is 1. The third-order valence-corrected chi connectivity index (χ3v) is 2.84. The Labute approximate surface area is 108 Å². The largest absolute Gasteiger partial charge is 0.352 e. The maximum absolute atomic E-state index is 11.2. The number of amides is 1. The lowest BCUT2D eigenvalue weighted by Gasteiger charge is -2.06. The van der Waals surface area contributed by atoms with Crippen molar-refractivity contribution < 1.29 is 4.79 Å². The van der Waals surface area contributed by atoms with Crippen LogP contribution >= 0.6 is 0 Å². The first-order valence-corrected chi connectivity index (χ1v) is 6.20. The van der Waals surface area contributed by atoms with Gasteiger partial charge in [-0.3, -0.25) is 4.79 Å². The minimum absolute atomic E-state index is 0.0834. The predicted molar refractivity (Wildman–Crippen MR) is 74.0 cm³/mol. The second kappa shape index (κ2) is 6.01. The van der Waals surface area contributed by atoms with Gasteiger partial charge in [0.25, 0.3) is 0 Å². The molecule has 2 nitrogen and oxygen atoms in total. The Morgan fingerprint density at radius 1 is 1.00 bits per heavy atom. The van der Waals surface area contributed by atoms with Crippen molar-refractivity contribution in [3.05, 3.63) is 60.2 Å². The Hall–Kier alpha value is -2.09. The molecule has 92 valence electrons. The summed E-state index contributed by atoms with van der Waals surface area (Å²) in [6.07, 6.45) is 0.526. The third-order valence-electron chi connectivity index (χ3n) is 2.84. The molecule has 2 rings (SSSR count). The number of carbonyl (C=O) groups is 1. The van der Waals surface area contributed by atoms with Crippen LogP contribution in [0.25, 0.3) is 11.1 Å². The van der Waals surface area contributed by atoms with E-state index in [-0.39, 0.29) is 5.91 Å². The Kier molecular flexibility index (Phi) is 4.13. The molecule has 2 aromatic rings. The highest BCUT2D eigenvalue weighted by Crippen LogP contribution is 2.19. The van der Waals surface area contributed by atoms with Crippen molar-refractivity contribution in [3.63, 3.8) is 0 Å². The van der Waals surface area contributed by atoms with E-state index in [0.29, 0.717) is 13.0 Å². The normalized spacial score (nSPS) is 10.1. The van der Waals surface area contributed by atoms with Gasteiger partial charge in [-0.2, -0.15) is 0 Å². The Morgan fingerprint density at radius 3 is 2.44 bits per heavy atom. The number of benzene rings is 2. The molecule has 0 saturated heterocycles. The highest BCUT2D eigenvalue weighted by Gasteiger charge is 2.00. The van der Waals surface area contributed by atoms with Crippen LogP contribution in [-0.4, -0.2) is 5.91 Å². The fraction of sp³-hybridized carbons (Fsp3) is 0.188. The quantitative estimate of drug-likeness (QED) is 0.870. The molecule has 0 unspecified atom stereocenters. The van der Waals surface area contributed by atoms with Crippen molar-refractivity contribution in [1.29, 1.82) is 0 Å². The van der Waals surface area contributed by atoms with Gasteiger partial charge < -0.3 is 5.32 Å². The molecule has 1 N–H and O–H groups in total. The van der Waals surface area contributed by atoms with Crippen molar-refractivity contribution in [1.82, 2.24) is 5.32 Å². The lowest BCUT2D eigenvalue weighted by molar-refractivity contribution is -0.120. The topological polar surface area (TPSA) is 29.1 Å². The fourth-order valence-corrected chi connectivity index (χ4v) is 1.82. The van der Waals surface area contributed by atoms with Crippen molar-refractivity contribution >= 4 is 5.91 Å². The first-order chi connectivity index (χ1) is 8.79. The minimum atomic E-state index is 0.0834. The van der Waals surface area contributed by atoms with Gasteiger partial charge in [0.1, 0.15) is 0 Å². The molecule has 18 heavy (non-hydrogen) atoms. The molecule has 0 spiro atoms. The summed E-state index contributed by atoms with van der Waals surface area (Å²) in [5, 5.41) is 2.89. The summed E-state index contributed by atoms with van der Waals surface area (Å²) in [7, 11) is 0. The van der Waals surface area contributed by atoms with Crippen LogP contribution < -0.4 is 5.32 Å². The van der Waals surface area contributed by atoms with E-state index in [4.69, 9.17) is 0 Å². The molecule has 0 aromatic heterocycles. The summed E-state index contributed by atoms with van der Waals surface area (Å²) in [5.41, 5.74) is 3.50. The average molecular weight is 239 g/mol. The molecule has 0 atom stereocenters. The van der Waals surface area contributed by atoms with Crippen LogP contribution in [-0.2, 0) is 11.3 Å². The first-order valence-electron chi connectivity index (χ1n) is 6.20. The zero-order valence-corrected chi connectivity index (χ0v) is 10.5. The number of rotatable bonds is 4. The van der Waals surface area contributed by atoms with E-state index in [2.05, 4.69) is 29.6 Å². The third kappa shape index (κ3) is 3.20. The molecule has 0 heterocycles. The van der Waals surface area contributed by atoms with Gasteiger partial charge in [-0.1, -0.05) is 55.5 Å². The first kappa shape index (κ1) is 12.4. The van der Waals surface area contributed by atoms with Gasteiger partial charge in [0.2, 0.25) is 5.91 Å².